The van der Waals surface area contributed by atoms with Gasteiger partial charge >= 0.3 is 0 Å². The summed E-state index contributed by atoms with van der Waals surface area (Å²) in [4.78, 5) is 20.4. The number of nitrogen functional groups attached to an aromatic ring is 1. The van der Waals surface area contributed by atoms with Gasteiger partial charge in [-0.1, -0.05) is 19.9 Å². The number of halogens is 1. The third-order valence-electron chi connectivity index (χ3n) is 2.94. The largest absolute Gasteiger partial charge is 0.396 e. The Morgan fingerprint density at radius 1 is 1.38 bits per heavy atom. The maximum Gasteiger partial charge on any atom is 0.276 e. The van der Waals surface area contributed by atoms with E-state index in [0.29, 0.717) is 5.82 Å². The molecule has 5 nitrogen and oxygen atoms in total. The molecule has 0 spiro atoms. The van der Waals surface area contributed by atoms with Crippen LogP contribution in [0.15, 0.2) is 24.4 Å². The molecule has 2 aromatic rings. The van der Waals surface area contributed by atoms with Crippen molar-refractivity contribution in [2.75, 3.05) is 11.1 Å². The Labute approximate surface area is 122 Å². The second-order valence-corrected chi connectivity index (χ2v) is 5.12. The lowest BCUT2D eigenvalue weighted by molar-refractivity contribution is 0.102. The van der Waals surface area contributed by atoms with Crippen LogP contribution in [-0.4, -0.2) is 15.9 Å². The second-order valence-electron chi connectivity index (χ2n) is 5.12. The summed E-state index contributed by atoms with van der Waals surface area (Å²) in [6.45, 7) is 5.59. The number of anilines is 2. The molecule has 110 valence electrons. The van der Waals surface area contributed by atoms with Crippen LogP contribution in [0.5, 0.6) is 0 Å². The molecule has 1 amide bonds. The summed E-state index contributed by atoms with van der Waals surface area (Å²) in [6, 6.07) is 4.56. The number of aromatic nitrogens is 2. The number of carbonyl (C=O) groups is 1. The Hall–Kier alpha value is -2.50. The molecule has 0 aliphatic heterocycles. The van der Waals surface area contributed by atoms with Gasteiger partial charge in [-0.3, -0.25) is 4.79 Å². The number of aryl methyl sites for hydroxylation is 1. The summed E-state index contributed by atoms with van der Waals surface area (Å²) in [7, 11) is 0. The van der Waals surface area contributed by atoms with Crippen molar-refractivity contribution < 1.29 is 9.18 Å². The summed E-state index contributed by atoms with van der Waals surface area (Å²) in [5.41, 5.74) is 6.80. The van der Waals surface area contributed by atoms with Crippen molar-refractivity contribution >= 4 is 17.3 Å². The van der Waals surface area contributed by atoms with E-state index in [1.54, 1.807) is 13.0 Å². The summed E-state index contributed by atoms with van der Waals surface area (Å²) >= 11 is 0. The van der Waals surface area contributed by atoms with E-state index >= 15 is 0 Å². The number of nitrogens with two attached hydrogens (primary N) is 1. The number of rotatable bonds is 3. The molecule has 3 N–H and O–H groups in total. The normalized spacial score (nSPS) is 10.7. The highest BCUT2D eigenvalue weighted by atomic mass is 19.1. The zero-order chi connectivity index (χ0) is 15.6. The quantitative estimate of drug-likeness (QED) is 0.910. The summed E-state index contributed by atoms with van der Waals surface area (Å²) < 4.78 is 13.8. The molecular formula is C15H17FN4O. The molecule has 1 aromatic heterocycles. The van der Waals surface area contributed by atoms with Crippen LogP contribution >= 0.6 is 0 Å². The van der Waals surface area contributed by atoms with Gasteiger partial charge in [-0.2, -0.15) is 0 Å². The standard InChI is InChI=1S/C15H17FN4O/c1-8(2)14-18-7-11(17)13(20-14)15(21)19-12-5-4-9(3)6-10(12)16/h4-8H,17H2,1-3H3,(H,19,21). The number of carbonyl (C=O) groups excluding carboxylic acids is 1. The van der Waals surface area contributed by atoms with Crippen LogP contribution in [0.4, 0.5) is 15.8 Å². The van der Waals surface area contributed by atoms with Crippen molar-refractivity contribution in [3.8, 4) is 0 Å². The molecule has 0 bridgehead atoms. The molecule has 0 unspecified atom stereocenters. The Morgan fingerprint density at radius 3 is 2.71 bits per heavy atom. The fraction of sp³-hybridized carbons (Fsp3) is 0.267. The number of nitrogens with zero attached hydrogens (tertiary/aromatic N) is 2. The first-order chi connectivity index (χ1) is 9.88. The van der Waals surface area contributed by atoms with Crippen molar-refractivity contribution in [3.63, 3.8) is 0 Å². The first kappa shape index (κ1) is 14.9. The highest BCUT2D eigenvalue weighted by Crippen LogP contribution is 2.18. The molecular weight excluding hydrogens is 271 g/mol. The van der Waals surface area contributed by atoms with Crippen LogP contribution in [0.2, 0.25) is 0 Å². The first-order valence-corrected chi connectivity index (χ1v) is 6.58. The van der Waals surface area contributed by atoms with E-state index < -0.39 is 11.7 Å². The van der Waals surface area contributed by atoms with Gasteiger partial charge in [0.2, 0.25) is 0 Å². The molecule has 0 saturated carbocycles. The van der Waals surface area contributed by atoms with E-state index in [9.17, 15) is 9.18 Å². The molecule has 21 heavy (non-hydrogen) atoms. The van der Waals surface area contributed by atoms with Crippen LogP contribution in [0, 0.1) is 12.7 Å². The van der Waals surface area contributed by atoms with Crippen LogP contribution < -0.4 is 11.1 Å². The molecule has 0 radical (unpaired) electrons. The molecule has 1 heterocycles. The molecule has 0 fully saturated rings. The minimum absolute atomic E-state index is 0.0497. The Bertz CT molecular complexity index is 685. The number of amides is 1. The first-order valence-electron chi connectivity index (χ1n) is 6.58. The third-order valence-corrected chi connectivity index (χ3v) is 2.94. The van der Waals surface area contributed by atoms with E-state index in [4.69, 9.17) is 5.73 Å². The number of hydrogen-bond acceptors (Lipinski definition) is 4. The zero-order valence-corrected chi connectivity index (χ0v) is 12.1. The van der Waals surface area contributed by atoms with Crippen LogP contribution in [0.3, 0.4) is 0 Å². The maximum absolute atomic E-state index is 13.8. The van der Waals surface area contributed by atoms with Crippen molar-refractivity contribution in [2.45, 2.75) is 26.7 Å². The Kier molecular flexibility index (Phi) is 4.16. The number of benzene rings is 1. The van der Waals surface area contributed by atoms with Gasteiger partial charge in [0.25, 0.3) is 5.91 Å². The van der Waals surface area contributed by atoms with E-state index in [1.807, 2.05) is 13.8 Å². The van der Waals surface area contributed by atoms with Crippen molar-refractivity contribution in [1.29, 1.82) is 0 Å². The van der Waals surface area contributed by atoms with E-state index in [0.717, 1.165) is 5.56 Å². The molecule has 0 aliphatic rings. The highest BCUT2D eigenvalue weighted by molar-refractivity contribution is 6.06. The molecule has 1 aromatic carbocycles. The van der Waals surface area contributed by atoms with E-state index in [1.165, 1.54) is 18.3 Å². The highest BCUT2D eigenvalue weighted by Gasteiger charge is 2.16. The summed E-state index contributed by atoms with van der Waals surface area (Å²) in [5, 5.41) is 2.48. The van der Waals surface area contributed by atoms with Gasteiger partial charge in [0.1, 0.15) is 11.6 Å². The van der Waals surface area contributed by atoms with Crippen molar-refractivity contribution in [2.24, 2.45) is 0 Å². The lowest BCUT2D eigenvalue weighted by atomic mass is 10.2. The van der Waals surface area contributed by atoms with Gasteiger partial charge in [0, 0.05) is 5.92 Å². The van der Waals surface area contributed by atoms with Crippen LogP contribution in [0.25, 0.3) is 0 Å². The Balaban J connectivity index is 2.30. The SMILES string of the molecule is Cc1ccc(NC(=O)c2nc(C(C)C)ncc2N)c(F)c1. The van der Waals surface area contributed by atoms with E-state index in [-0.39, 0.29) is 23.0 Å². The molecule has 0 saturated heterocycles. The van der Waals surface area contributed by atoms with Gasteiger partial charge in [-0.25, -0.2) is 14.4 Å². The molecule has 6 heteroatoms. The lowest BCUT2D eigenvalue weighted by Gasteiger charge is -2.10. The van der Waals surface area contributed by atoms with Crippen LogP contribution in [0.1, 0.15) is 41.6 Å². The molecule has 0 atom stereocenters. The fourth-order valence-corrected chi connectivity index (χ4v) is 1.77. The zero-order valence-electron chi connectivity index (χ0n) is 12.1. The van der Waals surface area contributed by atoms with Gasteiger partial charge < -0.3 is 11.1 Å². The van der Waals surface area contributed by atoms with Crippen LogP contribution in [-0.2, 0) is 0 Å². The van der Waals surface area contributed by atoms with Gasteiger partial charge in [0.15, 0.2) is 5.69 Å². The van der Waals surface area contributed by atoms with Crippen molar-refractivity contribution in [3.05, 3.63) is 47.3 Å². The number of nitrogens with one attached hydrogen (secondary N) is 1. The van der Waals surface area contributed by atoms with Gasteiger partial charge in [-0.15, -0.1) is 0 Å². The van der Waals surface area contributed by atoms with Crippen molar-refractivity contribution in [1.82, 2.24) is 9.97 Å². The monoisotopic (exact) mass is 288 g/mol. The minimum atomic E-state index is -0.556. The smallest absolute Gasteiger partial charge is 0.276 e. The molecule has 0 aliphatic carbocycles. The predicted octanol–water partition coefficient (Wildman–Crippen LogP) is 2.88. The number of hydrogen-bond donors (Lipinski definition) is 2. The second kappa shape index (κ2) is 5.87. The average molecular weight is 288 g/mol. The predicted molar refractivity (Wildman–Crippen MR) is 79.6 cm³/mol. The Morgan fingerprint density at radius 2 is 2.10 bits per heavy atom. The molecule has 2 rings (SSSR count). The minimum Gasteiger partial charge on any atom is -0.396 e. The van der Waals surface area contributed by atoms with Gasteiger partial charge in [-0.05, 0) is 24.6 Å². The topological polar surface area (TPSA) is 80.9 Å². The third kappa shape index (κ3) is 3.34. The van der Waals surface area contributed by atoms with Gasteiger partial charge in [0.05, 0.1) is 17.6 Å². The lowest BCUT2D eigenvalue weighted by Crippen LogP contribution is -2.18. The fourth-order valence-electron chi connectivity index (χ4n) is 1.77. The summed E-state index contributed by atoms with van der Waals surface area (Å²) in [6.07, 6.45) is 1.39. The maximum atomic E-state index is 13.8. The summed E-state index contributed by atoms with van der Waals surface area (Å²) in [5.74, 6) is -0.480. The van der Waals surface area contributed by atoms with E-state index in [2.05, 4.69) is 15.3 Å². The average Bonchev–Trinajstić information content (AvgIpc) is 2.42.